The highest BCUT2D eigenvalue weighted by molar-refractivity contribution is 7.19. The van der Waals surface area contributed by atoms with E-state index >= 15 is 0 Å². The van der Waals surface area contributed by atoms with Gasteiger partial charge in [-0.25, -0.2) is 9.18 Å². The van der Waals surface area contributed by atoms with Gasteiger partial charge in [0.25, 0.3) is 5.56 Å². The minimum Gasteiger partial charge on any atom is -0.287 e. The summed E-state index contributed by atoms with van der Waals surface area (Å²) in [5.41, 5.74) is 2.06. The monoisotopic (exact) mass is 418 g/mol. The Kier molecular flexibility index (Phi) is 5.39. The first-order chi connectivity index (χ1) is 14.4. The average molecular weight is 418 g/mol. The lowest BCUT2D eigenvalue weighted by molar-refractivity contribution is 0.618. The largest absolute Gasteiger partial charge is 0.332 e. The number of aromatic nitrogens is 2. The van der Waals surface area contributed by atoms with E-state index in [-0.39, 0.29) is 12.1 Å². The Balaban J connectivity index is 1.69. The minimum absolute atomic E-state index is 0.0174. The van der Waals surface area contributed by atoms with Gasteiger partial charge < -0.3 is 0 Å². The lowest BCUT2D eigenvalue weighted by atomic mass is 10.1. The van der Waals surface area contributed by atoms with Gasteiger partial charge in [-0.05, 0) is 36.2 Å². The summed E-state index contributed by atoms with van der Waals surface area (Å²) in [6.07, 6.45) is 0.608. The van der Waals surface area contributed by atoms with Crippen molar-refractivity contribution in [3.8, 4) is 11.8 Å². The molecule has 30 heavy (non-hydrogen) atoms. The van der Waals surface area contributed by atoms with E-state index in [0.717, 1.165) is 15.0 Å². The van der Waals surface area contributed by atoms with Crippen LogP contribution in [-0.2, 0) is 20.0 Å². The molecule has 6 heteroatoms. The fourth-order valence-corrected chi connectivity index (χ4v) is 4.22. The van der Waals surface area contributed by atoms with E-state index < -0.39 is 11.5 Å². The number of thiophene rings is 1. The highest BCUT2D eigenvalue weighted by atomic mass is 32.1. The topological polar surface area (TPSA) is 44.0 Å². The minimum atomic E-state index is -0.433. The maximum absolute atomic E-state index is 13.5. The van der Waals surface area contributed by atoms with Crippen LogP contribution in [0.3, 0.4) is 0 Å². The van der Waals surface area contributed by atoms with Gasteiger partial charge in [0, 0.05) is 13.5 Å². The molecule has 0 N–H and O–H groups in total. The summed E-state index contributed by atoms with van der Waals surface area (Å²) in [6.45, 7) is 2.06. The average Bonchev–Trinajstić information content (AvgIpc) is 3.16. The maximum Gasteiger partial charge on any atom is 0.332 e. The summed E-state index contributed by atoms with van der Waals surface area (Å²) < 4.78 is 16.1. The molecule has 0 saturated carbocycles. The van der Waals surface area contributed by atoms with Crippen LogP contribution in [0.4, 0.5) is 4.39 Å². The number of halogens is 1. The first kappa shape index (κ1) is 19.9. The molecular weight excluding hydrogens is 399 g/mol. The van der Waals surface area contributed by atoms with Crippen molar-refractivity contribution < 1.29 is 4.39 Å². The fourth-order valence-electron chi connectivity index (χ4n) is 3.24. The van der Waals surface area contributed by atoms with E-state index in [9.17, 15) is 14.0 Å². The number of nitrogens with zero attached hydrogens (tertiary/aromatic N) is 2. The normalized spacial score (nSPS) is 10.8. The first-order valence-electron chi connectivity index (χ1n) is 9.44. The third-order valence-electron chi connectivity index (χ3n) is 4.86. The van der Waals surface area contributed by atoms with E-state index in [4.69, 9.17) is 0 Å². The summed E-state index contributed by atoms with van der Waals surface area (Å²) in [5, 5.41) is 0.443. The van der Waals surface area contributed by atoms with Crippen LogP contribution in [0.1, 0.15) is 21.6 Å². The molecule has 0 saturated heterocycles. The summed E-state index contributed by atoms with van der Waals surface area (Å²) in [4.78, 5) is 27.0. The number of aryl methyl sites for hydroxylation is 2. The zero-order valence-electron chi connectivity index (χ0n) is 16.6. The molecule has 0 amide bonds. The molecule has 0 bridgehead atoms. The highest BCUT2D eigenvalue weighted by Gasteiger charge is 2.14. The summed E-state index contributed by atoms with van der Waals surface area (Å²) in [6, 6.07) is 15.8. The smallest absolute Gasteiger partial charge is 0.287 e. The number of benzene rings is 2. The van der Waals surface area contributed by atoms with Gasteiger partial charge in [-0.2, -0.15) is 0 Å². The Bertz CT molecular complexity index is 1420. The van der Waals surface area contributed by atoms with Crippen LogP contribution in [0.5, 0.6) is 0 Å². The molecular formula is C24H19FN2O2S. The first-order valence-corrected chi connectivity index (χ1v) is 10.3. The van der Waals surface area contributed by atoms with E-state index in [1.54, 1.807) is 25.2 Å². The van der Waals surface area contributed by atoms with E-state index in [2.05, 4.69) is 11.8 Å². The van der Waals surface area contributed by atoms with Crippen LogP contribution in [0.15, 0.2) is 64.2 Å². The Morgan fingerprint density at radius 1 is 1.03 bits per heavy atom. The van der Waals surface area contributed by atoms with Crippen molar-refractivity contribution >= 4 is 21.6 Å². The fraction of sp³-hybridized carbons (Fsp3) is 0.167. The van der Waals surface area contributed by atoms with Gasteiger partial charge in [-0.1, -0.05) is 53.8 Å². The van der Waals surface area contributed by atoms with Crippen molar-refractivity contribution in [2.45, 2.75) is 19.9 Å². The molecule has 0 spiro atoms. The second-order valence-corrected chi connectivity index (χ2v) is 8.19. The van der Waals surface area contributed by atoms with Crippen LogP contribution in [0, 0.1) is 24.6 Å². The molecule has 4 aromatic rings. The predicted octanol–water partition coefficient (Wildman–Crippen LogP) is 3.85. The SMILES string of the molecule is Cc1ccc(CC#Cc2cc3c(=O)n(Cc4cccc(F)c4)c(=O)n(C)c3s2)cc1. The van der Waals surface area contributed by atoms with Crippen LogP contribution >= 0.6 is 11.3 Å². The zero-order valence-corrected chi connectivity index (χ0v) is 17.4. The van der Waals surface area contributed by atoms with Crippen molar-refractivity contribution in [3.05, 3.63) is 103 Å². The molecule has 2 aromatic heterocycles. The highest BCUT2D eigenvalue weighted by Crippen LogP contribution is 2.21. The van der Waals surface area contributed by atoms with Gasteiger partial charge >= 0.3 is 5.69 Å². The van der Waals surface area contributed by atoms with E-state index in [1.807, 2.05) is 31.2 Å². The Labute approximate surface area is 176 Å². The summed E-state index contributed by atoms with van der Waals surface area (Å²) >= 11 is 1.32. The molecule has 2 heterocycles. The second kappa shape index (κ2) is 8.13. The molecule has 4 rings (SSSR count). The zero-order chi connectivity index (χ0) is 21.3. The number of rotatable bonds is 3. The summed E-state index contributed by atoms with van der Waals surface area (Å²) in [5.74, 6) is 5.84. The van der Waals surface area contributed by atoms with Crippen molar-refractivity contribution in [2.24, 2.45) is 7.05 Å². The molecule has 2 aromatic carbocycles. The van der Waals surface area contributed by atoms with Crippen molar-refractivity contribution in [1.29, 1.82) is 0 Å². The third-order valence-corrected chi connectivity index (χ3v) is 5.99. The third kappa shape index (κ3) is 3.98. The Morgan fingerprint density at radius 2 is 1.80 bits per heavy atom. The van der Waals surface area contributed by atoms with E-state index in [0.29, 0.717) is 22.2 Å². The molecule has 0 atom stereocenters. The Hall–Kier alpha value is -3.43. The van der Waals surface area contributed by atoms with Crippen LogP contribution < -0.4 is 11.2 Å². The Morgan fingerprint density at radius 3 is 2.53 bits per heavy atom. The van der Waals surface area contributed by atoms with Crippen molar-refractivity contribution in [1.82, 2.24) is 9.13 Å². The van der Waals surface area contributed by atoms with Crippen molar-refractivity contribution in [2.75, 3.05) is 0 Å². The maximum atomic E-state index is 13.5. The molecule has 0 aliphatic carbocycles. The van der Waals surface area contributed by atoms with Crippen molar-refractivity contribution in [3.63, 3.8) is 0 Å². The molecule has 0 unspecified atom stereocenters. The molecule has 150 valence electrons. The molecule has 0 aliphatic heterocycles. The lowest BCUT2D eigenvalue weighted by Crippen LogP contribution is -2.38. The van der Waals surface area contributed by atoms with E-state index in [1.165, 1.54) is 33.6 Å². The lowest BCUT2D eigenvalue weighted by Gasteiger charge is -2.08. The van der Waals surface area contributed by atoms with Gasteiger partial charge in [0.2, 0.25) is 0 Å². The standard InChI is InChI=1S/C24H19FN2O2S/c1-16-9-11-17(12-10-16)5-4-8-20-14-21-22(28)27(24(29)26(2)23(21)30-20)15-18-6-3-7-19(25)13-18/h3,6-7,9-14H,5,15H2,1-2H3. The van der Waals surface area contributed by atoms with Crippen LogP contribution in [0.2, 0.25) is 0 Å². The molecule has 0 aliphatic rings. The quantitative estimate of drug-likeness (QED) is 0.475. The van der Waals surface area contributed by atoms with Crippen LogP contribution in [-0.4, -0.2) is 9.13 Å². The molecule has 4 nitrogen and oxygen atoms in total. The van der Waals surface area contributed by atoms with Gasteiger partial charge in [-0.15, -0.1) is 11.3 Å². The van der Waals surface area contributed by atoms with Gasteiger partial charge in [0.05, 0.1) is 16.8 Å². The van der Waals surface area contributed by atoms with Gasteiger partial charge in [0.15, 0.2) is 0 Å². The van der Waals surface area contributed by atoms with Gasteiger partial charge in [-0.3, -0.25) is 13.9 Å². The number of fused-ring (bicyclic) bond motifs is 1. The number of hydrogen-bond donors (Lipinski definition) is 0. The molecule has 0 radical (unpaired) electrons. The number of hydrogen-bond acceptors (Lipinski definition) is 3. The summed E-state index contributed by atoms with van der Waals surface area (Å²) in [7, 11) is 1.63. The van der Waals surface area contributed by atoms with Crippen LogP contribution in [0.25, 0.3) is 10.2 Å². The predicted molar refractivity (Wildman–Crippen MR) is 119 cm³/mol. The molecule has 0 fully saturated rings. The van der Waals surface area contributed by atoms with Gasteiger partial charge in [0.1, 0.15) is 10.6 Å². The second-order valence-electron chi connectivity index (χ2n) is 7.16.